The van der Waals surface area contributed by atoms with Gasteiger partial charge in [-0.2, -0.15) is 0 Å². The van der Waals surface area contributed by atoms with Crippen LogP contribution < -0.4 is 14.8 Å². The summed E-state index contributed by atoms with van der Waals surface area (Å²) in [6.07, 6.45) is 1.02. The Morgan fingerprint density at radius 3 is 2.70 bits per heavy atom. The molecule has 1 aliphatic heterocycles. The van der Waals surface area contributed by atoms with E-state index in [9.17, 15) is 4.79 Å². The SMILES string of the molecule is CC1(C)Oc2ccc(NC(=O)Cc3csc(Cc4ccccc4)n3)cc2O1. The van der Waals surface area contributed by atoms with E-state index in [1.165, 1.54) is 5.56 Å². The summed E-state index contributed by atoms with van der Waals surface area (Å²) in [7, 11) is 0. The lowest BCUT2D eigenvalue weighted by atomic mass is 10.2. The average Bonchev–Trinajstić information content (AvgIpc) is 3.17. The summed E-state index contributed by atoms with van der Waals surface area (Å²) in [6.45, 7) is 3.70. The molecule has 5 nitrogen and oxygen atoms in total. The molecule has 0 fully saturated rings. The number of hydrogen-bond donors (Lipinski definition) is 1. The molecule has 0 spiro atoms. The molecule has 0 atom stereocenters. The number of carbonyl (C=O) groups is 1. The molecule has 1 N–H and O–H groups in total. The fraction of sp³-hybridized carbons (Fsp3) is 0.238. The highest BCUT2D eigenvalue weighted by Gasteiger charge is 2.31. The molecule has 1 aromatic heterocycles. The van der Waals surface area contributed by atoms with Gasteiger partial charge >= 0.3 is 0 Å². The number of carbonyl (C=O) groups excluding carboxylic acids is 1. The minimum absolute atomic E-state index is 0.107. The van der Waals surface area contributed by atoms with Crippen LogP contribution in [0.15, 0.2) is 53.9 Å². The molecule has 0 saturated heterocycles. The van der Waals surface area contributed by atoms with Crippen LogP contribution in [0.1, 0.15) is 30.1 Å². The molecule has 2 heterocycles. The van der Waals surface area contributed by atoms with Gasteiger partial charge in [0, 0.05) is 37.4 Å². The minimum atomic E-state index is -0.680. The normalized spacial score (nSPS) is 14.1. The number of fused-ring (bicyclic) bond motifs is 1. The molecule has 4 rings (SSSR count). The van der Waals surface area contributed by atoms with E-state index in [0.717, 1.165) is 17.1 Å². The van der Waals surface area contributed by atoms with Gasteiger partial charge < -0.3 is 14.8 Å². The highest BCUT2D eigenvalue weighted by molar-refractivity contribution is 7.09. The quantitative estimate of drug-likeness (QED) is 0.712. The Bertz CT molecular complexity index is 967. The minimum Gasteiger partial charge on any atom is -0.449 e. The highest BCUT2D eigenvalue weighted by atomic mass is 32.1. The molecule has 1 amide bonds. The monoisotopic (exact) mass is 380 g/mol. The van der Waals surface area contributed by atoms with Crippen LogP contribution in [0.4, 0.5) is 5.69 Å². The van der Waals surface area contributed by atoms with Gasteiger partial charge in [0.05, 0.1) is 17.1 Å². The second kappa shape index (κ2) is 7.04. The van der Waals surface area contributed by atoms with Crippen molar-refractivity contribution in [3.8, 4) is 11.5 Å². The fourth-order valence-electron chi connectivity index (χ4n) is 2.95. The second-order valence-electron chi connectivity index (χ2n) is 6.89. The molecular formula is C21H20N2O3S. The lowest BCUT2D eigenvalue weighted by Gasteiger charge is -2.16. The number of nitrogens with zero attached hydrogens (tertiary/aromatic N) is 1. The fourth-order valence-corrected chi connectivity index (χ4v) is 3.78. The topological polar surface area (TPSA) is 60.5 Å². The second-order valence-corrected chi connectivity index (χ2v) is 7.83. The highest BCUT2D eigenvalue weighted by Crippen LogP contribution is 2.40. The predicted octanol–water partition coefficient (Wildman–Crippen LogP) is 4.42. The van der Waals surface area contributed by atoms with Crippen LogP contribution in [0.25, 0.3) is 0 Å². The third-order valence-electron chi connectivity index (χ3n) is 4.08. The van der Waals surface area contributed by atoms with Crippen molar-refractivity contribution in [3.05, 3.63) is 70.2 Å². The number of nitrogens with one attached hydrogen (secondary N) is 1. The van der Waals surface area contributed by atoms with Crippen molar-refractivity contribution in [2.75, 3.05) is 5.32 Å². The van der Waals surface area contributed by atoms with Crippen molar-refractivity contribution in [1.82, 2.24) is 4.98 Å². The third kappa shape index (κ3) is 4.28. The van der Waals surface area contributed by atoms with Gasteiger partial charge in [-0.3, -0.25) is 4.79 Å². The van der Waals surface area contributed by atoms with Crippen LogP contribution in [0.5, 0.6) is 11.5 Å². The zero-order valence-corrected chi connectivity index (χ0v) is 16.0. The largest absolute Gasteiger partial charge is 0.449 e. The molecule has 27 heavy (non-hydrogen) atoms. The van der Waals surface area contributed by atoms with Crippen LogP contribution >= 0.6 is 11.3 Å². The first-order valence-corrected chi connectivity index (χ1v) is 9.64. The van der Waals surface area contributed by atoms with Crippen molar-refractivity contribution in [3.63, 3.8) is 0 Å². The molecule has 0 saturated carbocycles. The molecule has 0 aliphatic carbocycles. The molecule has 0 unspecified atom stereocenters. The molecule has 6 heteroatoms. The first kappa shape index (κ1) is 17.5. The number of ether oxygens (including phenoxy) is 2. The standard InChI is InChI=1S/C21H20N2O3S/c1-21(2)25-17-9-8-15(11-18(17)26-21)22-19(24)12-16-13-27-20(23-16)10-14-6-4-3-5-7-14/h3-9,11,13H,10,12H2,1-2H3,(H,22,24). The number of amides is 1. The molecule has 0 radical (unpaired) electrons. The summed E-state index contributed by atoms with van der Waals surface area (Å²) in [6, 6.07) is 15.6. The van der Waals surface area contributed by atoms with Gasteiger partial charge in [0.1, 0.15) is 0 Å². The van der Waals surface area contributed by atoms with Gasteiger partial charge in [0.15, 0.2) is 11.5 Å². The lowest BCUT2D eigenvalue weighted by molar-refractivity contribution is -0.115. The van der Waals surface area contributed by atoms with Crippen LogP contribution in [0.2, 0.25) is 0 Å². The molecular weight excluding hydrogens is 360 g/mol. The Morgan fingerprint density at radius 2 is 1.89 bits per heavy atom. The number of hydrogen-bond acceptors (Lipinski definition) is 5. The maximum absolute atomic E-state index is 12.4. The Kier molecular flexibility index (Phi) is 4.58. The number of benzene rings is 2. The Labute approximate surface area is 162 Å². The van der Waals surface area contributed by atoms with E-state index in [1.54, 1.807) is 23.5 Å². The molecule has 1 aliphatic rings. The average molecular weight is 380 g/mol. The van der Waals surface area contributed by atoms with Crippen molar-refractivity contribution >= 4 is 22.9 Å². The summed E-state index contributed by atoms with van der Waals surface area (Å²) in [5, 5.41) is 5.85. The van der Waals surface area contributed by atoms with Gasteiger partial charge in [-0.15, -0.1) is 11.3 Å². The summed E-state index contributed by atoms with van der Waals surface area (Å²) in [5.74, 6) is 0.533. The molecule has 3 aromatic rings. The van der Waals surface area contributed by atoms with Crippen molar-refractivity contribution in [2.45, 2.75) is 32.5 Å². The van der Waals surface area contributed by atoms with Gasteiger partial charge in [-0.25, -0.2) is 4.98 Å². The van der Waals surface area contributed by atoms with E-state index < -0.39 is 5.79 Å². The van der Waals surface area contributed by atoms with E-state index in [0.29, 0.717) is 17.2 Å². The van der Waals surface area contributed by atoms with Crippen LogP contribution in [-0.2, 0) is 17.6 Å². The van der Waals surface area contributed by atoms with Gasteiger partial charge in [0.25, 0.3) is 0 Å². The number of rotatable bonds is 5. The summed E-state index contributed by atoms with van der Waals surface area (Å²) in [5.41, 5.74) is 2.68. The third-order valence-corrected chi connectivity index (χ3v) is 4.98. The van der Waals surface area contributed by atoms with Gasteiger partial charge in [-0.05, 0) is 17.7 Å². The first-order valence-electron chi connectivity index (χ1n) is 8.76. The predicted molar refractivity (Wildman–Crippen MR) is 105 cm³/mol. The summed E-state index contributed by atoms with van der Waals surface area (Å²) in [4.78, 5) is 16.9. The zero-order valence-electron chi connectivity index (χ0n) is 15.2. The lowest BCUT2D eigenvalue weighted by Crippen LogP contribution is -2.29. The Morgan fingerprint density at radius 1 is 1.11 bits per heavy atom. The van der Waals surface area contributed by atoms with E-state index in [2.05, 4.69) is 22.4 Å². The maximum atomic E-state index is 12.4. The van der Waals surface area contributed by atoms with Crippen LogP contribution in [0.3, 0.4) is 0 Å². The molecule has 2 aromatic carbocycles. The van der Waals surface area contributed by atoms with Crippen LogP contribution in [0, 0.1) is 0 Å². The van der Waals surface area contributed by atoms with Crippen LogP contribution in [-0.4, -0.2) is 16.7 Å². The van der Waals surface area contributed by atoms with E-state index in [-0.39, 0.29) is 12.3 Å². The van der Waals surface area contributed by atoms with E-state index in [4.69, 9.17) is 9.47 Å². The molecule has 0 bridgehead atoms. The Balaban J connectivity index is 1.36. The van der Waals surface area contributed by atoms with Crippen molar-refractivity contribution in [2.24, 2.45) is 0 Å². The van der Waals surface area contributed by atoms with E-state index in [1.807, 2.05) is 43.5 Å². The maximum Gasteiger partial charge on any atom is 0.246 e. The summed E-state index contributed by atoms with van der Waals surface area (Å²) >= 11 is 1.58. The van der Waals surface area contributed by atoms with Crippen molar-refractivity contribution < 1.29 is 14.3 Å². The van der Waals surface area contributed by atoms with E-state index >= 15 is 0 Å². The van der Waals surface area contributed by atoms with Gasteiger partial charge in [0.2, 0.25) is 11.7 Å². The number of aromatic nitrogens is 1. The Hall–Kier alpha value is -2.86. The first-order chi connectivity index (χ1) is 13.0. The smallest absolute Gasteiger partial charge is 0.246 e. The number of anilines is 1. The molecule has 138 valence electrons. The zero-order chi connectivity index (χ0) is 18.9. The number of thiazole rings is 1. The summed E-state index contributed by atoms with van der Waals surface area (Å²) < 4.78 is 11.4. The van der Waals surface area contributed by atoms with Crippen molar-refractivity contribution in [1.29, 1.82) is 0 Å². The van der Waals surface area contributed by atoms with Gasteiger partial charge in [-0.1, -0.05) is 30.3 Å².